The second-order valence-corrected chi connectivity index (χ2v) is 3.21. The molecular weight excluding hydrogens is 228 g/mol. The van der Waals surface area contributed by atoms with E-state index in [1.807, 2.05) is 0 Å². The third-order valence-corrected chi connectivity index (χ3v) is 1.94. The van der Waals surface area contributed by atoms with Crippen LogP contribution in [0.4, 0.5) is 26.3 Å². The van der Waals surface area contributed by atoms with E-state index < -0.39 is 24.6 Å². The van der Waals surface area contributed by atoms with Crippen molar-refractivity contribution in [2.24, 2.45) is 0 Å². The topological polar surface area (TPSA) is 21.3 Å². The van der Waals surface area contributed by atoms with Gasteiger partial charge in [-0.25, -0.2) is 0 Å². The molecule has 90 valence electrons. The highest BCUT2D eigenvalue weighted by molar-refractivity contribution is 4.80. The summed E-state index contributed by atoms with van der Waals surface area (Å²) in [6.07, 6.45) is -15.4. The summed E-state index contributed by atoms with van der Waals surface area (Å²) in [5.41, 5.74) is 0. The van der Waals surface area contributed by atoms with Gasteiger partial charge in [0.2, 0.25) is 6.10 Å². The van der Waals surface area contributed by atoms with Crippen LogP contribution in [0.3, 0.4) is 0 Å². The Balaban J connectivity index is 2.65. The number of nitrogens with one attached hydrogen (secondary N) is 1. The van der Waals surface area contributed by atoms with Crippen LogP contribution < -0.4 is 5.32 Å². The van der Waals surface area contributed by atoms with E-state index in [2.05, 4.69) is 10.1 Å². The van der Waals surface area contributed by atoms with E-state index in [1.165, 1.54) is 0 Å². The third-order valence-electron chi connectivity index (χ3n) is 1.94. The summed E-state index contributed by atoms with van der Waals surface area (Å²) in [5, 5.41) is 2.62. The summed E-state index contributed by atoms with van der Waals surface area (Å²) in [6.45, 7) is 0.385. The Morgan fingerprint density at radius 3 is 1.93 bits per heavy atom. The van der Waals surface area contributed by atoms with Crippen molar-refractivity contribution in [2.45, 2.75) is 31.0 Å². The van der Waals surface area contributed by atoms with Crippen molar-refractivity contribution in [1.82, 2.24) is 5.32 Å². The molecule has 1 rings (SSSR count). The summed E-state index contributed by atoms with van der Waals surface area (Å²) in [6, 6.07) is 0. The van der Waals surface area contributed by atoms with Crippen LogP contribution >= 0.6 is 0 Å². The van der Waals surface area contributed by atoms with Crippen LogP contribution in [-0.4, -0.2) is 37.7 Å². The van der Waals surface area contributed by atoms with Crippen molar-refractivity contribution in [3.05, 3.63) is 0 Å². The molecule has 15 heavy (non-hydrogen) atoms. The first-order chi connectivity index (χ1) is 6.71. The van der Waals surface area contributed by atoms with Gasteiger partial charge in [0.25, 0.3) is 0 Å². The molecule has 2 nitrogen and oxygen atoms in total. The van der Waals surface area contributed by atoms with Gasteiger partial charge in [-0.2, -0.15) is 26.3 Å². The fourth-order valence-corrected chi connectivity index (χ4v) is 1.28. The molecule has 0 bridgehead atoms. The van der Waals surface area contributed by atoms with Crippen LogP contribution in [0.15, 0.2) is 0 Å². The smallest absolute Gasteiger partial charge is 0.356 e. The molecule has 1 saturated heterocycles. The van der Waals surface area contributed by atoms with Crippen LogP contribution in [0.25, 0.3) is 0 Å². The Morgan fingerprint density at radius 2 is 1.60 bits per heavy atom. The van der Waals surface area contributed by atoms with Crippen molar-refractivity contribution < 1.29 is 31.1 Å². The van der Waals surface area contributed by atoms with E-state index >= 15 is 0 Å². The highest BCUT2D eigenvalue weighted by Crippen LogP contribution is 2.36. The van der Waals surface area contributed by atoms with Crippen molar-refractivity contribution >= 4 is 0 Å². The van der Waals surface area contributed by atoms with Gasteiger partial charge in [-0.3, -0.25) is 0 Å². The maximum Gasteiger partial charge on any atom is 0.423 e. The molecule has 0 saturated carbocycles. The molecule has 1 atom stereocenters. The Hall–Kier alpha value is -0.500. The molecule has 0 unspecified atom stereocenters. The number of alkyl halides is 6. The predicted octanol–water partition coefficient (Wildman–Crippen LogP) is 1.86. The first-order valence-corrected chi connectivity index (χ1v) is 4.21. The third kappa shape index (κ3) is 3.53. The average Bonchev–Trinajstić information content (AvgIpc) is 2.46. The second-order valence-electron chi connectivity index (χ2n) is 3.21. The number of rotatable bonds is 2. The van der Waals surface area contributed by atoms with Crippen LogP contribution in [0.2, 0.25) is 0 Å². The van der Waals surface area contributed by atoms with E-state index in [0.29, 0.717) is 6.54 Å². The van der Waals surface area contributed by atoms with Gasteiger partial charge >= 0.3 is 12.4 Å². The summed E-state index contributed by atoms with van der Waals surface area (Å²) < 4.78 is 76.1. The van der Waals surface area contributed by atoms with Crippen molar-refractivity contribution in [3.8, 4) is 0 Å². The summed E-state index contributed by atoms with van der Waals surface area (Å²) >= 11 is 0. The highest BCUT2D eigenvalue weighted by Gasteiger charge is 2.58. The summed E-state index contributed by atoms with van der Waals surface area (Å²) in [7, 11) is 0. The lowest BCUT2D eigenvalue weighted by molar-refractivity contribution is -0.329. The molecule has 1 N–H and O–H groups in total. The van der Waals surface area contributed by atoms with Gasteiger partial charge < -0.3 is 10.1 Å². The fourth-order valence-electron chi connectivity index (χ4n) is 1.28. The second kappa shape index (κ2) is 4.17. The van der Waals surface area contributed by atoms with Crippen molar-refractivity contribution in [3.63, 3.8) is 0 Å². The SMILES string of the molecule is FC(F)(F)C(O[C@@H]1CCNC1)C(F)(F)F. The molecule has 1 aliphatic rings. The lowest BCUT2D eigenvalue weighted by atomic mass is 10.3. The summed E-state index contributed by atoms with van der Waals surface area (Å²) in [4.78, 5) is 0. The Morgan fingerprint density at radius 1 is 1.07 bits per heavy atom. The molecule has 0 spiro atoms. The molecule has 8 heteroatoms. The van der Waals surface area contributed by atoms with Gasteiger partial charge in [0.15, 0.2) is 0 Å². The molecule has 0 aromatic carbocycles. The quantitative estimate of drug-likeness (QED) is 0.740. The normalized spacial score (nSPS) is 23.8. The maximum atomic E-state index is 12.0. The van der Waals surface area contributed by atoms with E-state index in [-0.39, 0.29) is 13.0 Å². The molecule has 1 fully saturated rings. The zero-order valence-electron chi connectivity index (χ0n) is 7.45. The van der Waals surface area contributed by atoms with Crippen LogP contribution in [0.5, 0.6) is 0 Å². The zero-order valence-corrected chi connectivity index (χ0v) is 7.45. The van der Waals surface area contributed by atoms with E-state index in [0.717, 1.165) is 0 Å². The average molecular weight is 237 g/mol. The van der Waals surface area contributed by atoms with Gasteiger partial charge in [-0.05, 0) is 13.0 Å². The lowest BCUT2D eigenvalue weighted by Crippen LogP contribution is -2.46. The van der Waals surface area contributed by atoms with Gasteiger partial charge in [0, 0.05) is 6.54 Å². The van der Waals surface area contributed by atoms with E-state index in [9.17, 15) is 26.3 Å². The first-order valence-electron chi connectivity index (χ1n) is 4.21. The molecule has 1 heterocycles. The summed E-state index contributed by atoms with van der Waals surface area (Å²) in [5.74, 6) is 0. The fraction of sp³-hybridized carbons (Fsp3) is 1.00. The molecule has 0 aromatic rings. The minimum Gasteiger partial charge on any atom is -0.356 e. The van der Waals surface area contributed by atoms with Gasteiger partial charge in [0.1, 0.15) is 0 Å². The molecule has 0 aromatic heterocycles. The molecule has 0 aliphatic carbocycles. The highest BCUT2D eigenvalue weighted by atomic mass is 19.4. The molecule has 0 radical (unpaired) electrons. The number of halogens is 6. The molecule has 1 aliphatic heterocycles. The van der Waals surface area contributed by atoms with Gasteiger partial charge in [-0.15, -0.1) is 0 Å². The Kier molecular flexibility index (Phi) is 3.49. The Bertz CT molecular complexity index is 193. The van der Waals surface area contributed by atoms with Crippen LogP contribution in [-0.2, 0) is 4.74 Å². The monoisotopic (exact) mass is 237 g/mol. The van der Waals surface area contributed by atoms with Gasteiger partial charge in [-0.1, -0.05) is 0 Å². The largest absolute Gasteiger partial charge is 0.423 e. The number of hydrogen-bond acceptors (Lipinski definition) is 2. The van der Waals surface area contributed by atoms with Crippen LogP contribution in [0, 0.1) is 0 Å². The zero-order chi connectivity index (χ0) is 11.7. The Labute approximate surface area is 81.6 Å². The van der Waals surface area contributed by atoms with Crippen molar-refractivity contribution in [1.29, 1.82) is 0 Å². The molecular formula is C7H9F6NO. The predicted molar refractivity (Wildman–Crippen MR) is 38.3 cm³/mol. The van der Waals surface area contributed by atoms with Crippen LogP contribution in [0.1, 0.15) is 6.42 Å². The minimum atomic E-state index is -5.42. The molecule has 0 amide bonds. The van der Waals surface area contributed by atoms with Crippen molar-refractivity contribution in [2.75, 3.05) is 13.1 Å². The number of hydrogen-bond donors (Lipinski definition) is 1. The van der Waals surface area contributed by atoms with E-state index in [4.69, 9.17) is 0 Å². The first kappa shape index (κ1) is 12.6. The standard InChI is InChI=1S/C7H9F6NO/c8-6(9,10)5(7(11,12)13)15-4-1-2-14-3-4/h4-5,14H,1-3H2/t4-/m1/s1. The van der Waals surface area contributed by atoms with E-state index in [1.54, 1.807) is 0 Å². The lowest BCUT2D eigenvalue weighted by Gasteiger charge is -2.25. The van der Waals surface area contributed by atoms with Gasteiger partial charge in [0.05, 0.1) is 6.10 Å². The maximum absolute atomic E-state index is 12.0. The number of ether oxygens (including phenoxy) is 1. The minimum absolute atomic E-state index is 0.0165.